The third-order valence-corrected chi connectivity index (χ3v) is 1.55. The third-order valence-electron chi connectivity index (χ3n) is 1.55. The third kappa shape index (κ3) is 1.32. The molecule has 1 aromatic heterocycles. The molecule has 0 saturated heterocycles. The summed E-state index contributed by atoms with van der Waals surface area (Å²) in [5.74, 6) is 0.720. The minimum absolute atomic E-state index is 0.720. The molecule has 0 spiro atoms. The summed E-state index contributed by atoms with van der Waals surface area (Å²) < 4.78 is 0. The molecule has 12 heavy (non-hydrogen) atoms. The fourth-order valence-electron chi connectivity index (χ4n) is 0.995. The maximum absolute atomic E-state index is 4.11. The van der Waals surface area contributed by atoms with Crippen molar-refractivity contribution >= 4 is 0 Å². The number of nitrogens with zero attached hydrogens (tertiary/aromatic N) is 2. The number of hydrogen-bond acceptors (Lipinski definition) is 2. The highest BCUT2D eigenvalue weighted by atomic mass is 14.8. The Balaban J connectivity index is 2.46. The van der Waals surface area contributed by atoms with Gasteiger partial charge in [-0.25, -0.2) is 9.97 Å². The van der Waals surface area contributed by atoms with Crippen LogP contribution in [0.15, 0.2) is 42.6 Å². The number of aromatic nitrogens is 2. The lowest BCUT2D eigenvalue weighted by atomic mass is 10.2. The molecule has 0 aliphatic carbocycles. The molecule has 2 heteroatoms. The molecule has 0 fully saturated rings. The van der Waals surface area contributed by atoms with Crippen molar-refractivity contribution in [1.29, 1.82) is 0 Å². The maximum atomic E-state index is 4.11. The van der Waals surface area contributed by atoms with Gasteiger partial charge in [-0.3, -0.25) is 0 Å². The molecule has 2 rings (SSSR count). The zero-order valence-electron chi connectivity index (χ0n) is 6.44. The van der Waals surface area contributed by atoms with Crippen LogP contribution >= 0.6 is 0 Å². The Kier molecular flexibility index (Phi) is 1.82. The van der Waals surface area contributed by atoms with E-state index in [4.69, 9.17) is 0 Å². The molecule has 0 aliphatic heterocycles. The molecule has 57 valence electrons. The van der Waals surface area contributed by atoms with E-state index in [9.17, 15) is 0 Å². The van der Waals surface area contributed by atoms with Crippen molar-refractivity contribution in [3.05, 3.63) is 48.8 Å². The average molecular weight is 155 g/mol. The standard InChI is InChI=1S/C10H7N2/c1-2-5-9(6-3-1)10-11-7-4-8-12-10/h1-7H. The van der Waals surface area contributed by atoms with Gasteiger partial charge in [-0.2, -0.15) is 0 Å². The number of rotatable bonds is 1. The Hall–Kier alpha value is -1.70. The van der Waals surface area contributed by atoms with Crippen molar-refractivity contribution in [3.8, 4) is 11.4 Å². The predicted molar refractivity (Wildman–Crippen MR) is 46.3 cm³/mol. The van der Waals surface area contributed by atoms with Crippen LogP contribution in [0.25, 0.3) is 11.4 Å². The van der Waals surface area contributed by atoms with Gasteiger partial charge in [-0.15, -0.1) is 0 Å². The molecule has 0 N–H and O–H groups in total. The van der Waals surface area contributed by atoms with E-state index in [1.807, 2.05) is 30.3 Å². The first-order valence-corrected chi connectivity index (χ1v) is 3.71. The zero-order chi connectivity index (χ0) is 8.23. The topological polar surface area (TPSA) is 25.8 Å². The van der Waals surface area contributed by atoms with Crippen molar-refractivity contribution in [2.75, 3.05) is 0 Å². The van der Waals surface area contributed by atoms with E-state index in [2.05, 4.69) is 16.2 Å². The van der Waals surface area contributed by atoms with E-state index in [1.165, 1.54) is 0 Å². The minimum atomic E-state index is 0.720. The van der Waals surface area contributed by atoms with Crippen LogP contribution in [0.4, 0.5) is 0 Å². The van der Waals surface area contributed by atoms with Crippen LogP contribution in [-0.2, 0) is 0 Å². The van der Waals surface area contributed by atoms with Gasteiger partial charge in [0, 0.05) is 11.8 Å². The Morgan fingerprint density at radius 1 is 1.08 bits per heavy atom. The Labute approximate surface area is 70.9 Å². The first-order chi connectivity index (χ1) is 5.97. The van der Waals surface area contributed by atoms with Gasteiger partial charge in [-0.1, -0.05) is 30.3 Å². The maximum Gasteiger partial charge on any atom is 0.159 e. The molecule has 1 radical (unpaired) electrons. The van der Waals surface area contributed by atoms with Gasteiger partial charge in [0.2, 0.25) is 0 Å². The molecule has 1 aromatic carbocycles. The second-order valence-corrected chi connectivity index (χ2v) is 2.38. The fraction of sp³-hybridized carbons (Fsp3) is 0. The van der Waals surface area contributed by atoms with Gasteiger partial charge in [0.15, 0.2) is 5.82 Å². The van der Waals surface area contributed by atoms with Crippen molar-refractivity contribution in [1.82, 2.24) is 9.97 Å². The van der Waals surface area contributed by atoms with Crippen molar-refractivity contribution in [2.45, 2.75) is 0 Å². The van der Waals surface area contributed by atoms with Gasteiger partial charge < -0.3 is 0 Å². The summed E-state index contributed by atoms with van der Waals surface area (Å²) in [6, 6.07) is 11.5. The molecule has 1 heterocycles. The Morgan fingerprint density at radius 3 is 2.58 bits per heavy atom. The van der Waals surface area contributed by atoms with Crippen LogP contribution in [-0.4, -0.2) is 9.97 Å². The van der Waals surface area contributed by atoms with Gasteiger partial charge >= 0.3 is 0 Å². The average Bonchev–Trinajstić information content (AvgIpc) is 2.21. The predicted octanol–water partition coefficient (Wildman–Crippen LogP) is 1.94. The molecular weight excluding hydrogens is 148 g/mol. The molecule has 0 aliphatic rings. The van der Waals surface area contributed by atoms with E-state index < -0.39 is 0 Å². The number of benzene rings is 1. The summed E-state index contributed by atoms with van der Waals surface area (Å²) in [6.07, 6.45) is 4.44. The lowest BCUT2D eigenvalue weighted by molar-refractivity contribution is 1.17. The quantitative estimate of drug-likeness (QED) is 0.629. The van der Waals surface area contributed by atoms with Crippen LogP contribution in [0.3, 0.4) is 0 Å². The first kappa shape index (κ1) is 6.98. The SMILES string of the molecule is [c]1ccnc(-c2ccccc2)n1. The summed E-state index contributed by atoms with van der Waals surface area (Å²) in [6.45, 7) is 0. The second kappa shape index (κ2) is 3.13. The summed E-state index contributed by atoms with van der Waals surface area (Å²) in [5, 5.41) is 0. The second-order valence-electron chi connectivity index (χ2n) is 2.38. The van der Waals surface area contributed by atoms with Crippen LogP contribution in [0.5, 0.6) is 0 Å². The van der Waals surface area contributed by atoms with E-state index in [-0.39, 0.29) is 0 Å². The van der Waals surface area contributed by atoms with Crippen molar-refractivity contribution < 1.29 is 0 Å². The van der Waals surface area contributed by atoms with E-state index in [0.717, 1.165) is 11.4 Å². The van der Waals surface area contributed by atoms with Crippen LogP contribution in [0, 0.1) is 6.20 Å². The summed E-state index contributed by atoms with van der Waals surface area (Å²) in [7, 11) is 0. The van der Waals surface area contributed by atoms with Gasteiger partial charge in [0.05, 0.1) is 6.20 Å². The van der Waals surface area contributed by atoms with Gasteiger partial charge in [-0.05, 0) is 6.07 Å². The van der Waals surface area contributed by atoms with Gasteiger partial charge in [0.1, 0.15) is 0 Å². The van der Waals surface area contributed by atoms with Crippen molar-refractivity contribution in [2.24, 2.45) is 0 Å². The summed E-state index contributed by atoms with van der Waals surface area (Å²) >= 11 is 0. The highest BCUT2D eigenvalue weighted by Crippen LogP contribution is 2.11. The highest BCUT2D eigenvalue weighted by molar-refractivity contribution is 5.53. The normalized spacial score (nSPS) is 9.67. The molecule has 0 amide bonds. The molecule has 0 unspecified atom stereocenters. The molecule has 2 nitrogen and oxygen atoms in total. The molecule has 2 aromatic rings. The fourth-order valence-corrected chi connectivity index (χ4v) is 0.995. The van der Waals surface area contributed by atoms with E-state index >= 15 is 0 Å². The molecular formula is C10H7N2. The van der Waals surface area contributed by atoms with Gasteiger partial charge in [0.25, 0.3) is 0 Å². The minimum Gasteiger partial charge on any atom is -0.237 e. The largest absolute Gasteiger partial charge is 0.237 e. The Morgan fingerprint density at radius 2 is 1.92 bits per heavy atom. The lowest BCUT2D eigenvalue weighted by Crippen LogP contribution is -1.85. The lowest BCUT2D eigenvalue weighted by Gasteiger charge is -1.95. The van der Waals surface area contributed by atoms with E-state index in [0.29, 0.717) is 0 Å². The van der Waals surface area contributed by atoms with E-state index in [1.54, 1.807) is 12.3 Å². The molecule has 0 atom stereocenters. The summed E-state index contributed by atoms with van der Waals surface area (Å²) in [5.41, 5.74) is 1.02. The van der Waals surface area contributed by atoms with Crippen LogP contribution in [0.1, 0.15) is 0 Å². The molecule has 0 saturated carbocycles. The van der Waals surface area contributed by atoms with Crippen LogP contribution in [0.2, 0.25) is 0 Å². The smallest absolute Gasteiger partial charge is 0.159 e. The monoisotopic (exact) mass is 155 g/mol. The first-order valence-electron chi connectivity index (χ1n) is 3.71. The highest BCUT2D eigenvalue weighted by Gasteiger charge is 1.95. The summed E-state index contributed by atoms with van der Waals surface area (Å²) in [4.78, 5) is 8.12. The zero-order valence-corrected chi connectivity index (χ0v) is 6.44. The Bertz CT molecular complexity index is 305. The van der Waals surface area contributed by atoms with Crippen LogP contribution < -0.4 is 0 Å². The van der Waals surface area contributed by atoms with Crippen molar-refractivity contribution in [3.63, 3.8) is 0 Å². The number of hydrogen-bond donors (Lipinski definition) is 0. The molecule has 0 bridgehead atoms.